The normalized spacial score (nSPS) is 21.6. The molecule has 0 aromatic rings. The molecule has 1 fully saturated rings. The molecule has 0 spiro atoms. The molecule has 0 bridgehead atoms. The Morgan fingerprint density at radius 3 is 2.62 bits per heavy atom. The van der Waals surface area contributed by atoms with E-state index in [1.54, 1.807) is 4.90 Å². The Bertz CT molecular complexity index is 425. The zero-order chi connectivity index (χ0) is 15.3. The van der Waals surface area contributed by atoms with E-state index in [9.17, 15) is 9.59 Å². The lowest BCUT2D eigenvalue weighted by Gasteiger charge is -2.37. The van der Waals surface area contributed by atoms with Gasteiger partial charge >= 0.3 is 12.0 Å². The van der Waals surface area contributed by atoms with Crippen molar-refractivity contribution in [3.05, 3.63) is 11.6 Å². The highest BCUT2D eigenvalue weighted by atomic mass is 16.4. The maximum atomic E-state index is 12.2. The molecule has 1 saturated carbocycles. The van der Waals surface area contributed by atoms with E-state index in [0.29, 0.717) is 13.1 Å². The third-order valence-electron chi connectivity index (χ3n) is 4.78. The molecular formula is C16H26N2O3. The van der Waals surface area contributed by atoms with Crippen LogP contribution in [0.5, 0.6) is 0 Å². The Labute approximate surface area is 126 Å². The molecule has 1 heterocycles. The first-order valence-corrected chi connectivity index (χ1v) is 7.91. The van der Waals surface area contributed by atoms with E-state index in [1.807, 2.05) is 0 Å². The van der Waals surface area contributed by atoms with Crippen molar-refractivity contribution in [1.29, 1.82) is 0 Å². The molecule has 0 saturated heterocycles. The Kier molecular flexibility index (Phi) is 5.26. The van der Waals surface area contributed by atoms with Crippen LogP contribution in [0.4, 0.5) is 4.79 Å². The molecule has 5 heteroatoms. The molecule has 0 radical (unpaired) electrons. The van der Waals surface area contributed by atoms with Crippen LogP contribution in [0.1, 0.15) is 51.9 Å². The number of carbonyl (C=O) groups excluding carboxylic acids is 1. The van der Waals surface area contributed by atoms with Gasteiger partial charge in [0, 0.05) is 19.6 Å². The van der Waals surface area contributed by atoms with Crippen LogP contribution in [0, 0.1) is 5.41 Å². The fourth-order valence-corrected chi connectivity index (χ4v) is 3.37. The molecule has 2 aliphatic rings. The number of aliphatic carboxylic acids is 1. The zero-order valence-corrected chi connectivity index (χ0v) is 12.9. The summed E-state index contributed by atoms with van der Waals surface area (Å²) in [5, 5.41) is 12.1. The van der Waals surface area contributed by atoms with E-state index in [1.165, 1.54) is 12.0 Å². The molecule has 1 aliphatic heterocycles. The molecule has 118 valence electrons. The molecule has 2 amide bonds. The van der Waals surface area contributed by atoms with Crippen molar-refractivity contribution >= 4 is 12.0 Å². The van der Waals surface area contributed by atoms with Gasteiger partial charge in [-0.1, -0.05) is 30.9 Å². The van der Waals surface area contributed by atoms with E-state index in [2.05, 4.69) is 18.3 Å². The maximum Gasteiger partial charge on any atom is 0.317 e. The van der Waals surface area contributed by atoms with Gasteiger partial charge in [-0.2, -0.15) is 0 Å². The first-order chi connectivity index (χ1) is 10.0. The van der Waals surface area contributed by atoms with Crippen molar-refractivity contribution in [1.82, 2.24) is 10.2 Å². The van der Waals surface area contributed by atoms with Crippen molar-refractivity contribution < 1.29 is 14.7 Å². The summed E-state index contributed by atoms with van der Waals surface area (Å²) in [6.45, 7) is 3.97. The number of hydrogen-bond donors (Lipinski definition) is 2. The molecule has 0 atom stereocenters. The number of rotatable bonds is 4. The van der Waals surface area contributed by atoms with Crippen LogP contribution in [-0.2, 0) is 4.79 Å². The Morgan fingerprint density at radius 1 is 1.33 bits per heavy atom. The highest BCUT2D eigenvalue weighted by molar-refractivity contribution is 5.75. The summed E-state index contributed by atoms with van der Waals surface area (Å²) in [7, 11) is 0. The van der Waals surface area contributed by atoms with E-state index < -0.39 is 5.97 Å². The first-order valence-electron chi connectivity index (χ1n) is 7.91. The van der Waals surface area contributed by atoms with Crippen molar-refractivity contribution in [2.24, 2.45) is 5.41 Å². The average molecular weight is 294 g/mol. The summed E-state index contributed by atoms with van der Waals surface area (Å²) in [5.41, 5.74) is 1.08. The molecule has 2 N–H and O–H groups in total. The maximum absolute atomic E-state index is 12.2. The van der Waals surface area contributed by atoms with Crippen LogP contribution in [0.25, 0.3) is 0 Å². The molecule has 21 heavy (non-hydrogen) atoms. The molecule has 5 nitrogen and oxygen atoms in total. The minimum Gasteiger partial charge on any atom is -0.481 e. The van der Waals surface area contributed by atoms with Gasteiger partial charge in [0.15, 0.2) is 0 Å². The number of carbonyl (C=O) groups is 2. The fourth-order valence-electron chi connectivity index (χ4n) is 3.37. The van der Waals surface area contributed by atoms with Gasteiger partial charge < -0.3 is 15.3 Å². The number of carboxylic acids is 1. The third-order valence-corrected chi connectivity index (χ3v) is 4.78. The fraction of sp³-hybridized carbons (Fsp3) is 0.750. The molecule has 0 aromatic heterocycles. The SMILES string of the molecule is CC1=CCN(C(=O)NCC2(CC(=O)O)CCCCC2)CC1. The second kappa shape index (κ2) is 6.96. The summed E-state index contributed by atoms with van der Waals surface area (Å²) >= 11 is 0. The van der Waals surface area contributed by atoms with Crippen LogP contribution in [0.15, 0.2) is 11.6 Å². The number of nitrogens with one attached hydrogen (secondary N) is 1. The molecule has 1 aliphatic carbocycles. The summed E-state index contributed by atoms with van der Waals surface area (Å²) in [6, 6.07) is -0.0610. The van der Waals surface area contributed by atoms with Crippen LogP contribution in [-0.4, -0.2) is 41.6 Å². The highest BCUT2D eigenvalue weighted by Crippen LogP contribution is 2.38. The molecule has 2 rings (SSSR count). The highest BCUT2D eigenvalue weighted by Gasteiger charge is 2.35. The second-order valence-electron chi connectivity index (χ2n) is 6.54. The number of carboxylic acid groups (broad SMARTS) is 1. The predicted octanol–water partition coefficient (Wildman–Crippen LogP) is 2.77. The monoisotopic (exact) mass is 294 g/mol. The van der Waals surface area contributed by atoms with E-state index >= 15 is 0 Å². The van der Waals surface area contributed by atoms with Gasteiger partial charge in [0.1, 0.15) is 0 Å². The van der Waals surface area contributed by atoms with Gasteiger partial charge in [0.05, 0.1) is 6.42 Å². The standard InChI is InChI=1S/C16H26N2O3/c1-13-5-9-18(10-6-13)15(21)17-12-16(11-14(19)20)7-3-2-4-8-16/h5H,2-4,6-12H2,1H3,(H,17,21)(H,19,20). The average Bonchev–Trinajstić information content (AvgIpc) is 2.46. The topological polar surface area (TPSA) is 69.6 Å². The van der Waals surface area contributed by atoms with Gasteiger partial charge in [-0.25, -0.2) is 4.79 Å². The van der Waals surface area contributed by atoms with Gasteiger partial charge in [0.2, 0.25) is 0 Å². The third kappa shape index (κ3) is 4.48. The quantitative estimate of drug-likeness (QED) is 0.783. The summed E-state index contributed by atoms with van der Waals surface area (Å²) in [4.78, 5) is 25.1. The number of amides is 2. The van der Waals surface area contributed by atoms with E-state index in [-0.39, 0.29) is 17.9 Å². The van der Waals surface area contributed by atoms with Gasteiger partial charge in [-0.05, 0) is 31.6 Å². The van der Waals surface area contributed by atoms with Gasteiger partial charge in [0.25, 0.3) is 0 Å². The summed E-state index contributed by atoms with van der Waals surface area (Å²) in [6.07, 6.45) is 8.27. The van der Waals surface area contributed by atoms with E-state index in [0.717, 1.165) is 38.6 Å². The van der Waals surface area contributed by atoms with Crippen molar-refractivity contribution in [2.45, 2.75) is 51.9 Å². The van der Waals surface area contributed by atoms with Crippen LogP contribution >= 0.6 is 0 Å². The molecule has 0 unspecified atom stereocenters. The lowest BCUT2D eigenvalue weighted by molar-refractivity contribution is -0.140. The second-order valence-corrected chi connectivity index (χ2v) is 6.54. The summed E-state index contributed by atoms with van der Waals surface area (Å²) < 4.78 is 0. The minimum atomic E-state index is -0.761. The van der Waals surface area contributed by atoms with Crippen LogP contribution in [0.2, 0.25) is 0 Å². The van der Waals surface area contributed by atoms with Crippen LogP contribution < -0.4 is 5.32 Å². The van der Waals surface area contributed by atoms with Gasteiger partial charge in [-0.15, -0.1) is 0 Å². The minimum absolute atomic E-state index is 0.0610. The molecule has 0 aromatic carbocycles. The lowest BCUT2D eigenvalue weighted by Crippen LogP contribution is -2.47. The van der Waals surface area contributed by atoms with Crippen LogP contribution in [0.3, 0.4) is 0 Å². The predicted molar refractivity (Wildman–Crippen MR) is 81.1 cm³/mol. The Hall–Kier alpha value is -1.52. The Morgan fingerprint density at radius 2 is 2.05 bits per heavy atom. The molecular weight excluding hydrogens is 268 g/mol. The van der Waals surface area contributed by atoms with Crippen molar-refractivity contribution in [2.75, 3.05) is 19.6 Å². The number of nitrogens with zero attached hydrogens (tertiary/aromatic N) is 1. The Balaban J connectivity index is 1.89. The summed E-state index contributed by atoms with van der Waals surface area (Å²) in [5.74, 6) is -0.761. The first kappa shape index (κ1) is 15.9. The largest absolute Gasteiger partial charge is 0.481 e. The van der Waals surface area contributed by atoms with E-state index in [4.69, 9.17) is 5.11 Å². The van der Waals surface area contributed by atoms with Gasteiger partial charge in [-0.3, -0.25) is 4.79 Å². The lowest BCUT2D eigenvalue weighted by atomic mass is 9.72. The van der Waals surface area contributed by atoms with Crippen molar-refractivity contribution in [3.63, 3.8) is 0 Å². The number of hydrogen-bond acceptors (Lipinski definition) is 2. The zero-order valence-electron chi connectivity index (χ0n) is 12.9. The number of urea groups is 1. The smallest absolute Gasteiger partial charge is 0.317 e. The van der Waals surface area contributed by atoms with Crippen molar-refractivity contribution in [3.8, 4) is 0 Å².